The predicted molar refractivity (Wildman–Crippen MR) is 100 cm³/mol. The van der Waals surface area contributed by atoms with Crippen molar-refractivity contribution in [3.8, 4) is 5.88 Å². The molecule has 0 N–H and O–H groups in total. The van der Waals surface area contributed by atoms with Gasteiger partial charge in [-0.25, -0.2) is 9.37 Å². The van der Waals surface area contributed by atoms with Crippen molar-refractivity contribution in [2.75, 3.05) is 26.7 Å². The van der Waals surface area contributed by atoms with Crippen molar-refractivity contribution in [2.45, 2.75) is 25.4 Å². The molecule has 2 bridgehead atoms. The van der Waals surface area contributed by atoms with Crippen LogP contribution in [0.15, 0.2) is 42.6 Å². The van der Waals surface area contributed by atoms with Crippen LogP contribution < -0.4 is 4.74 Å². The summed E-state index contributed by atoms with van der Waals surface area (Å²) >= 11 is 0. The Hall–Kier alpha value is -2.47. The molecule has 5 nitrogen and oxygen atoms in total. The molecule has 3 saturated heterocycles. The van der Waals surface area contributed by atoms with Crippen LogP contribution in [0.5, 0.6) is 5.88 Å². The van der Waals surface area contributed by atoms with Crippen LogP contribution in [0.4, 0.5) is 4.39 Å². The van der Waals surface area contributed by atoms with Crippen molar-refractivity contribution in [3.05, 3.63) is 59.5 Å². The number of piperidine rings is 1. The lowest BCUT2D eigenvalue weighted by molar-refractivity contribution is 0.0584. The summed E-state index contributed by atoms with van der Waals surface area (Å²) in [7, 11) is 1.55. The van der Waals surface area contributed by atoms with E-state index in [9.17, 15) is 9.18 Å². The quantitative estimate of drug-likeness (QED) is 0.831. The molecule has 27 heavy (non-hydrogen) atoms. The Morgan fingerprint density at radius 1 is 1.19 bits per heavy atom. The zero-order chi connectivity index (χ0) is 18.8. The lowest BCUT2D eigenvalue weighted by Crippen LogP contribution is -2.47. The van der Waals surface area contributed by atoms with Crippen molar-refractivity contribution in [1.82, 2.24) is 14.8 Å². The molecule has 0 spiro atoms. The number of hydrogen-bond acceptors (Lipinski definition) is 4. The monoisotopic (exact) mass is 369 g/mol. The maximum absolute atomic E-state index is 13.1. The third-order valence-electron chi connectivity index (χ3n) is 5.56. The Labute approximate surface area is 158 Å². The zero-order valence-electron chi connectivity index (χ0n) is 15.5. The first kappa shape index (κ1) is 17.9. The van der Waals surface area contributed by atoms with Gasteiger partial charge in [-0.3, -0.25) is 9.69 Å². The highest BCUT2D eigenvalue weighted by Gasteiger charge is 2.37. The van der Waals surface area contributed by atoms with Crippen LogP contribution in [0.1, 0.15) is 28.8 Å². The standard InChI is InChI=1S/C21H24FN3O2/c1-27-20-10-17(8-9-23-20)21(26)25-13-16-4-7-19(25)14-24(12-16)11-15-2-5-18(22)6-3-15/h2-3,5-6,8-10,16,19H,4,7,11-14H2,1H3/t16-,19+/m0/s1. The summed E-state index contributed by atoms with van der Waals surface area (Å²) in [6, 6.07) is 10.4. The molecule has 5 rings (SSSR count). The van der Waals surface area contributed by atoms with E-state index in [0.717, 1.165) is 44.6 Å². The van der Waals surface area contributed by atoms with Crippen LogP contribution in [0.3, 0.4) is 0 Å². The lowest BCUT2D eigenvalue weighted by Gasteiger charge is -2.36. The summed E-state index contributed by atoms with van der Waals surface area (Å²) in [6.45, 7) is 3.39. The van der Waals surface area contributed by atoms with Gasteiger partial charge < -0.3 is 9.64 Å². The number of amides is 1. The van der Waals surface area contributed by atoms with E-state index in [4.69, 9.17) is 4.74 Å². The second-order valence-electron chi connectivity index (χ2n) is 7.46. The van der Waals surface area contributed by atoms with E-state index in [1.165, 1.54) is 12.1 Å². The van der Waals surface area contributed by atoms with Crippen LogP contribution in [-0.4, -0.2) is 53.5 Å². The van der Waals surface area contributed by atoms with Gasteiger partial charge in [-0.2, -0.15) is 0 Å². The summed E-state index contributed by atoms with van der Waals surface area (Å²) in [5, 5.41) is 0. The van der Waals surface area contributed by atoms with Gasteiger partial charge in [-0.1, -0.05) is 12.1 Å². The number of nitrogens with zero attached hydrogens (tertiary/aromatic N) is 3. The Kier molecular flexibility index (Phi) is 5.07. The van der Waals surface area contributed by atoms with E-state index < -0.39 is 0 Å². The summed E-state index contributed by atoms with van der Waals surface area (Å²) in [4.78, 5) is 21.6. The topological polar surface area (TPSA) is 45.7 Å². The number of hydrogen-bond donors (Lipinski definition) is 0. The minimum absolute atomic E-state index is 0.0500. The molecule has 3 aliphatic heterocycles. The normalized spacial score (nSPS) is 22.5. The van der Waals surface area contributed by atoms with Gasteiger partial charge in [0, 0.05) is 50.0 Å². The molecular formula is C21H24FN3O2. The molecular weight excluding hydrogens is 345 g/mol. The number of aromatic nitrogens is 1. The number of rotatable bonds is 4. The van der Waals surface area contributed by atoms with E-state index in [0.29, 0.717) is 17.4 Å². The summed E-state index contributed by atoms with van der Waals surface area (Å²) in [6.07, 6.45) is 3.79. The van der Waals surface area contributed by atoms with Gasteiger partial charge >= 0.3 is 0 Å². The van der Waals surface area contributed by atoms with Crippen molar-refractivity contribution >= 4 is 5.91 Å². The van der Waals surface area contributed by atoms with Gasteiger partial charge in [0.15, 0.2) is 0 Å². The lowest BCUT2D eigenvalue weighted by atomic mass is 9.94. The Morgan fingerprint density at radius 3 is 2.78 bits per heavy atom. The Bertz CT molecular complexity index is 811. The number of methoxy groups -OCH3 is 1. The van der Waals surface area contributed by atoms with E-state index >= 15 is 0 Å². The van der Waals surface area contributed by atoms with E-state index in [1.54, 1.807) is 25.4 Å². The maximum Gasteiger partial charge on any atom is 0.254 e. The maximum atomic E-state index is 13.1. The first-order valence-electron chi connectivity index (χ1n) is 9.40. The molecule has 142 valence electrons. The first-order chi connectivity index (χ1) is 13.1. The van der Waals surface area contributed by atoms with Gasteiger partial charge in [0.25, 0.3) is 5.91 Å². The van der Waals surface area contributed by atoms with Gasteiger partial charge in [-0.15, -0.1) is 0 Å². The van der Waals surface area contributed by atoms with Crippen LogP contribution >= 0.6 is 0 Å². The fourth-order valence-corrected chi connectivity index (χ4v) is 4.22. The zero-order valence-corrected chi connectivity index (χ0v) is 15.5. The molecule has 6 heteroatoms. The Morgan fingerprint density at radius 2 is 2.00 bits per heavy atom. The number of fused-ring (bicyclic) bond motifs is 4. The summed E-state index contributed by atoms with van der Waals surface area (Å²) in [5.41, 5.74) is 1.73. The molecule has 0 radical (unpaired) electrons. The van der Waals surface area contributed by atoms with E-state index in [2.05, 4.69) is 9.88 Å². The van der Waals surface area contributed by atoms with Crippen molar-refractivity contribution in [2.24, 2.45) is 5.92 Å². The third kappa shape index (κ3) is 3.95. The number of carbonyl (C=O) groups is 1. The summed E-state index contributed by atoms with van der Waals surface area (Å²) in [5.74, 6) is 0.768. The summed E-state index contributed by atoms with van der Waals surface area (Å²) < 4.78 is 18.3. The van der Waals surface area contributed by atoms with Crippen LogP contribution in [-0.2, 0) is 6.54 Å². The predicted octanol–water partition coefficient (Wildman–Crippen LogP) is 2.97. The number of pyridine rings is 1. The minimum Gasteiger partial charge on any atom is -0.481 e. The van der Waals surface area contributed by atoms with E-state index in [1.807, 2.05) is 17.0 Å². The second-order valence-corrected chi connectivity index (χ2v) is 7.46. The molecule has 3 fully saturated rings. The highest BCUT2D eigenvalue weighted by molar-refractivity contribution is 5.94. The van der Waals surface area contributed by atoms with Gasteiger partial charge in [0.05, 0.1) is 7.11 Å². The van der Waals surface area contributed by atoms with Crippen molar-refractivity contribution in [3.63, 3.8) is 0 Å². The Balaban J connectivity index is 1.49. The molecule has 2 atom stereocenters. The minimum atomic E-state index is -0.209. The number of benzene rings is 1. The third-order valence-corrected chi connectivity index (χ3v) is 5.56. The molecule has 1 amide bonds. The fraction of sp³-hybridized carbons (Fsp3) is 0.429. The second kappa shape index (κ2) is 7.64. The first-order valence-corrected chi connectivity index (χ1v) is 9.40. The molecule has 0 aliphatic carbocycles. The van der Waals surface area contributed by atoms with Crippen molar-refractivity contribution < 1.29 is 13.9 Å². The smallest absolute Gasteiger partial charge is 0.254 e. The average molecular weight is 369 g/mol. The molecule has 4 heterocycles. The highest BCUT2D eigenvalue weighted by Crippen LogP contribution is 2.30. The molecule has 3 aliphatic rings. The van der Waals surface area contributed by atoms with Gasteiger partial charge in [-0.05, 0) is 42.5 Å². The van der Waals surface area contributed by atoms with Crippen LogP contribution in [0.2, 0.25) is 0 Å². The van der Waals surface area contributed by atoms with Crippen molar-refractivity contribution in [1.29, 1.82) is 0 Å². The molecule has 0 unspecified atom stereocenters. The molecule has 2 aromatic rings. The molecule has 0 saturated carbocycles. The molecule has 1 aromatic heterocycles. The van der Waals surface area contributed by atoms with Crippen LogP contribution in [0.25, 0.3) is 0 Å². The fourth-order valence-electron chi connectivity index (χ4n) is 4.22. The highest BCUT2D eigenvalue weighted by atomic mass is 19.1. The van der Waals surface area contributed by atoms with E-state index in [-0.39, 0.29) is 17.8 Å². The largest absolute Gasteiger partial charge is 0.481 e. The van der Waals surface area contributed by atoms with Gasteiger partial charge in [0.2, 0.25) is 5.88 Å². The number of halogens is 1. The average Bonchev–Trinajstić information content (AvgIpc) is 3.00. The molecule has 1 aromatic carbocycles. The SMILES string of the molecule is COc1cc(C(=O)N2C[C@H]3CC[C@@H]2CN(Cc2ccc(F)cc2)C3)ccn1. The van der Waals surface area contributed by atoms with Crippen LogP contribution in [0, 0.1) is 11.7 Å². The van der Waals surface area contributed by atoms with Gasteiger partial charge in [0.1, 0.15) is 5.82 Å². The number of ether oxygens (including phenoxy) is 1. The number of carbonyl (C=O) groups excluding carboxylic acids is 1.